The van der Waals surface area contributed by atoms with Crippen molar-refractivity contribution in [2.24, 2.45) is 0 Å². The van der Waals surface area contributed by atoms with Gasteiger partial charge in [-0.1, -0.05) is 53.8 Å². The number of hydrogen-bond acceptors (Lipinski definition) is 4. The largest absolute Gasteiger partial charge is 0.334 e. The van der Waals surface area contributed by atoms with Crippen LogP contribution in [-0.2, 0) is 19.5 Å². The van der Waals surface area contributed by atoms with Gasteiger partial charge in [0, 0.05) is 30.0 Å². The van der Waals surface area contributed by atoms with Gasteiger partial charge in [-0.3, -0.25) is 0 Å². The summed E-state index contributed by atoms with van der Waals surface area (Å²) < 4.78 is 14.9. The van der Waals surface area contributed by atoms with Gasteiger partial charge in [-0.05, 0) is 17.7 Å². The first-order valence-corrected chi connectivity index (χ1v) is 10.2. The molecule has 0 unspecified atom stereocenters. The van der Waals surface area contributed by atoms with Gasteiger partial charge in [0.25, 0.3) is 0 Å². The van der Waals surface area contributed by atoms with E-state index >= 15 is 0 Å². The van der Waals surface area contributed by atoms with Gasteiger partial charge in [-0.25, -0.2) is 13.7 Å². The van der Waals surface area contributed by atoms with Gasteiger partial charge in [0.1, 0.15) is 5.82 Å². The fourth-order valence-electron chi connectivity index (χ4n) is 3.46. The highest BCUT2D eigenvalue weighted by molar-refractivity contribution is 7.17. The standard InChI is InChI=1S/C21H18FN5OS/c22-16-8-6-14(7-9-16)12-23-20(28)26-11-10-17-18(13-26)29-21-24-19(25-27(17)21)15-4-2-1-3-5-15/h1-9H,10-13H2,(H,23,28). The Bertz CT molecular complexity index is 1170. The number of nitrogens with one attached hydrogen (secondary N) is 1. The summed E-state index contributed by atoms with van der Waals surface area (Å²) in [5.74, 6) is 0.439. The van der Waals surface area contributed by atoms with Crippen molar-refractivity contribution in [2.75, 3.05) is 6.54 Å². The zero-order valence-corrected chi connectivity index (χ0v) is 16.3. The first-order chi connectivity index (χ1) is 14.2. The SMILES string of the molecule is O=C(NCc1ccc(F)cc1)N1CCc2c(sc3nc(-c4ccccc4)nn23)C1. The zero-order valence-electron chi connectivity index (χ0n) is 15.5. The first-order valence-electron chi connectivity index (χ1n) is 9.37. The Kier molecular flexibility index (Phi) is 4.48. The number of urea groups is 1. The predicted molar refractivity (Wildman–Crippen MR) is 109 cm³/mol. The van der Waals surface area contributed by atoms with E-state index in [0.717, 1.165) is 38.9 Å². The molecule has 8 heteroatoms. The van der Waals surface area contributed by atoms with E-state index in [-0.39, 0.29) is 11.8 Å². The van der Waals surface area contributed by atoms with Crippen molar-refractivity contribution in [3.05, 3.63) is 76.5 Å². The lowest BCUT2D eigenvalue weighted by molar-refractivity contribution is 0.192. The number of carbonyl (C=O) groups excluding carboxylic acids is 1. The smallest absolute Gasteiger partial charge is 0.318 e. The van der Waals surface area contributed by atoms with Crippen LogP contribution in [0.1, 0.15) is 16.1 Å². The molecule has 0 atom stereocenters. The highest BCUT2D eigenvalue weighted by Crippen LogP contribution is 2.29. The third kappa shape index (κ3) is 3.47. The molecule has 29 heavy (non-hydrogen) atoms. The van der Waals surface area contributed by atoms with Crippen LogP contribution in [0.5, 0.6) is 0 Å². The van der Waals surface area contributed by atoms with Gasteiger partial charge in [0.15, 0.2) is 5.82 Å². The molecule has 1 aliphatic heterocycles. The van der Waals surface area contributed by atoms with E-state index < -0.39 is 0 Å². The van der Waals surface area contributed by atoms with Crippen LogP contribution in [0.3, 0.4) is 0 Å². The Balaban J connectivity index is 1.29. The fourth-order valence-corrected chi connectivity index (χ4v) is 4.58. The van der Waals surface area contributed by atoms with Crippen LogP contribution < -0.4 is 5.32 Å². The Hall–Kier alpha value is -3.26. The second kappa shape index (κ2) is 7.29. The summed E-state index contributed by atoms with van der Waals surface area (Å²) in [6, 6.07) is 15.9. The lowest BCUT2D eigenvalue weighted by atomic mass is 10.2. The molecule has 146 valence electrons. The Morgan fingerprint density at radius 3 is 2.72 bits per heavy atom. The number of benzene rings is 2. The third-order valence-corrected chi connectivity index (χ3v) is 6.06. The number of fused-ring (bicyclic) bond motifs is 3. The molecule has 4 aromatic rings. The number of nitrogens with zero attached hydrogens (tertiary/aromatic N) is 4. The van der Waals surface area contributed by atoms with Gasteiger partial charge in [-0.2, -0.15) is 4.98 Å². The molecule has 2 amide bonds. The quantitative estimate of drug-likeness (QED) is 0.561. The molecule has 0 spiro atoms. The van der Waals surface area contributed by atoms with Crippen LogP contribution in [0.2, 0.25) is 0 Å². The molecular weight excluding hydrogens is 389 g/mol. The first kappa shape index (κ1) is 17.8. The number of carbonyl (C=O) groups is 1. The van der Waals surface area contributed by atoms with Gasteiger partial charge in [0.2, 0.25) is 4.96 Å². The van der Waals surface area contributed by atoms with Crippen LogP contribution >= 0.6 is 11.3 Å². The molecule has 5 rings (SSSR count). The molecule has 0 radical (unpaired) electrons. The molecule has 1 aliphatic rings. The van der Waals surface area contributed by atoms with Gasteiger partial charge >= 0.3 is 6.03 Å². The number of halogens is 1. The minimum Gasteiger partial charge on any atom is -0.334 e. The maximum Gasteiger partial charge on any atom is 0.318 e. The highest BCUT2D eigenvalue weighted by Gasteiger charge is 2.26. The van der Waals surface area contributed by atoms with E-state index in [2.05, 4.69) is 15.4 Å². The predicted octanol–water partition coefficient (Wildman–Crippen LogP) is 3.86. The van der Waals surface area contributed by atoms with Crippen molar-refractivity contribution < 1.29 is 9.18 Å². The van der Waals surface area contributed by atoms with Crippen LogP contribution in [0, 0.1) is 5.82 Å². The summed E-state index contributed by atoms with van der Waals surface area (Å²) >= 11 is 1.58. The summed E-state index contributed by atoms with van der Waals surface area (Å²) in [6.45, 7) is 1.54. The average molecular weight is 407 g/mol. The Labute approximate surface area is 170 Å². The molecule has 2 aromatic carbocycles. The van der Waals surface area contributed by atoms with E-state index in [9.17, 15) is 9.18 Å². The van der Waals surface area contributed by atoms with Crippen LogP contribution in [0.4, 0.5) is 9.18 Å². The van der Waals surface area contributed by atoms with Crippen molar-refractivity contribution in [3.8, 4) is 11.4 Å². The normalized spacial score (nSPS) is 13.5. The molecule has 3 heterocycles. The Morgan fingerprint density at radius 2 is 1.93 bits per heavy atom. The van der Waals surface area contributed by atoms with Crippen molar-refractivity contribution in [1.82, 2.24) is 24.8 Å². The molecule has 0 saturated heterocycles. The molecule has 1 N–H and O–H groups in total. The molecular formula is C21H18FN5OS. The summed E-state index contributed by atoms with van der Waals surface area (Å²) in [6.07, 6.45) is 0.733. The number of rotatable bonds is 3. The van der Waals surface area contributed by atoms with Crippen molar-refractivity contribution in [3.63, 3.8) is 0 Å². The number of amides is 2. The van der Waals surface area contributed by atoms with Crippen molar-refractivity contribution in [1.29, 1.82) is 0 Å². The molecule has 2 aromatic heterocycles. The molecule has 0 saturated carbocycles. The van der Waals surface area contributed by atoms with Gasteiger partial charge in [0.05, 0.1) is 12.2 Å². The third-order valence-electron chi connectivity index (χ3n) is 5.00. The lowest BCUT2D eigenvalue weighted by Crippen LogP contribution is -2.42. The van der Waals surface area contributed by atoms with Crippen molar-refractivity contribution >= 4 is 22.3 Å². The van der Waals surface area contributed by atoms with Crippen LogP contribution in [-0.4, -0.2) is 32.1 Å². The van der Waals surface area contributed by atoms with Crippen LogP contribution in [0.15, 0.2) is 54.6 Å². The summed E-state index contributed by atoms with van der Waals surface area (Å²) in [5.41, 5.74) is 2.99. The number of hydrogen-bond donors (Lipinski definition) is 1. The highest BCUT2D eigenvalue weighted by atomic mass is 32.1. The lowest BCUT2D eigenvalue weighted by Gasteiger charge is -2.26. The molecule has 0 bridgehead atoms. The van der Waals surface area contributed by atoms with E-state index in [1.165, 1.54) is 12.1 Å². The summed E-state index contributed by atoms with van der Waals surface area (Å²) in [7, 11) is 0. The topological polar surface area (TPSA) is 62.5 Å². The molecule has 0 aliphatic carbocycles. The van der Waals surface area contributed by atoms with E-state index in [1.807, 2.05) is 34.8 Å². The monoisotopic (exact) mass is 407 g/mol. The second-order valence-electron chi connectivity index (χ2n) is 6.92. The minimum absolute atomic E-state index is 0.121. The van der Waals surface area contributed by atoms with E-state index in [1.54, 1.807) is 28.4 Å². The van der Waals surface area contributed by atoms with Crippen molar-refractivity contribution in [2.45, 2.75) is 19.5 Å². The van der Waals surface area contributed by atoms with E-state index in [4.69, 9.17) is 0 Å². The maximum atomic E-state index is 13.0. The second-order valence-corrected chi connectivity index (χ2v) is 7.99. The minimum atomic E-state index is -0.282. The van der Waals surface area contributed by atoms with Gasteiger partial charge < -0.3 is 10.2 Å². The zero-order chi connectivity index (χ0) is 19.8. The summed E-state index contributed by atoms with van der Waals surface area (Å²) in [4.78, 5) is 21.0. The fraction of sp³-hybridized carbons (Fsp3) is 0.190. The van der Waals surface area contributed by atoms with Crippen LogP contribution in [0.25, 0.3) is 16.3 Å². The molecule has 0 fully saturated rings. The number of aromatic nitrogens is 3. The molecule has 6 nitrogen and oxygen atoms in total. The van der Waals surface area contributed by atoms with E-state index in [0.29, 0.717) is 19.6 Å². The Morgan fingerprint density at radius 1 is 1.14 bits per heavy atom. The van der Waals surface area contributed by atoms with Gasteiger partial charge in [-0.15, -0.1) is 5.10 Å². The average Bonchev–Trinajstić information content (AvgIpc) is 3.31. The maximum absolute atomic E-state index is 13.0. The summed E-state index contributed by atoms with van der Waals surface area (Å²) in [5, 5.41) is 7.58. The number of thiazole rings is 1.